The van der Waals surface area contributed by atoms with Gasteiger partial charge in [-0.05, 0) is 56.2 Å². The molecule has 9 nitrogen and oxygen atoms in total. The molecule has 36 heavy (non-hydrogen) atoms. The third-order valence-electron chi connectivity index (χ3n) is 5.97. The van der Waals surface area contributed by atoms with Crippen molar-refractivity contribution >= 4 is 37.5 Å². The topological polar surface area (TPSA) is 99.4 Å². The number of rotatable bonds is 9. The van der Waals surface area contributed by atoms with Gasteiger partial charge in [-0.2, -0.15) is 9.30 Å². The molecule has 0 N–H and O–H groups in total. The molecule has 3 aromatic rings. The number of aromatic nitrogens is 1. The summed E-state index contributed by atoms with van der Waals surface area (Å²) in [5, 5.41) is 0. The van der Waals surface area contributed by atoms with Crippen LogP contribution in [0.4, 0.5) is 4.39 Å². The highest BCUT2D eigenvalue weighted by Crippen LogP contribution is 2.35. The lowest BCUT2D eigenvalue weighted by Gasteiger charge is -2.21. The van der Waals surface area contributed by atoms with E-state index in [-0.39, 0.29) is 11.4 Å². The van der Waals surface area contributed by atoms with Gasteiger partial charge in [0.05, 0.1) is 25.7 Å². The van der Waals surface area contributed by atoms with Gasteiger partial charge in [0.1, 0.15) is 33.6 Å². The van der Waals surface area contributed by atoms with Crippen molar-refractivity contribution in [1.82, 2.24) is 8.87 Å². The molecule has 1 amide bonds. The maximum absolute atomic E-state index is 13.4. The summed E-state index contributed by atoms with van der Waals surface area (Å²) >= 11 is 1.26. The van der Waals surface area contributed by atoms with Gasteiger partial charge < -0.3 is 18.8 Å². The van der Waals surface area contributed by atoms with Crippen LogP contribution in [-0.2, 0) is 26.1 Å². The van der Waals surface area contributed by atoms with E-state index < -0.39 is 27.8 Å². The summed E-state index contributed by atoms with van der Waals surface area (Å²) in [7, 11) is -0.873. The molecule has 194 valence electrons. The van der Waals surface area contributed by atoms with Crippen LogP contribution in [0.15, 0.2) is 46.3 Å². The monoisotopic (exact) mass is 537 g/mol. The minimum Gasteiger partial charge on any atom is -0.495 e. The fraction of sp³-hybridized carbons (Fsp3) is 0.417. The van der Waals surface area contributed by atoms with Crippen LogP contribution in [0, 0.1) is 5.82 Å². The Morgan fingerprint density at radius 2 is 1.83 bits per heavy atom. The molecule has 1 aliphatic heterocycles. The summed E-state index contributed by atoms with van der Waals surface area (Å²) < 4.78 is 60.1. The van der Waals surface area contributed by atoms with Gasteiger partial charge in [-0.25, -0.2) is 12.8 Å². The molecule has 4 rings (SSSR count). The van der Waals surface area contributed by atoms with Crippen LogP contribution in [0.1, 0.15) is 19.8 Å². The molecule has 0 bridgehead atoms. The van der Waals surface area contributed by atoms with Crippen molar-refractivity contribution in [3.8, 4) is 11.5 Å². The number of thiazole rings is 1. The number of carbonyl (C=O) groups excluding carboxylic acids is 1. The van der Waals surface area contributed by atoms with Crippen molar-refractivity contribution in [3.63, 3.8) is 0 Å². The second-order valence-corrected chi connectivity index (χ2v) is 10.9. The standard InChI is InChI=1S/C24H28FN3O6S2/c1-4-34-15-14-27-21-19(32-2)11-12-20(33-3)22(21)35-24(27)26-23(29)18-6-5-13-28(18)36(30,31)17-9-7-16(25)8-10-17/h7-12,18H,4-6,13-15H2,1-3H3. The van der Waals surface area contributed by atoms with Crippen molar-refractivity contribution in [2.75, 3.05) is 34.0 Å². The number of benzene rings is 2. The molecule has 1 unspecified atom stereocenters. The lowest BCUT2D eigenvalue weighted by molar-refractivity contribution is -0.121. The summed E-state index contributed by atoms with van der Waals surface area (Å²) in [6.45, 7) is 3.41. The number of hydrogen-bond donors (Lipinski definition) is 0. The maximum atomic E-state index is 13.4. The SMILES string of the molecule is CCOCCn1c(=NC(=O)C2CCCN2S(=O)(=O)c2ccc(F)cc2)sc2c(OC)ccc(OC)c21. The van der Waals surface area contributed by atoms with Crippen LogP contribution in [0.2, 0.25) is 0 Å². The first-order chi connectivity index (χ1) is 17.3. The Morgan fingerprint density at radius 1 is 1.14 bits per heavy atom. The Balaban J connectivity index is 1.77. The minimum atomic E-state index is -3.99. The van der Waals surface area contributed by atoms with E-state index in [0.717, 1.165) is 26.7 Å². The average Bonchev–Trinajstić information content (AvgIpc) is 3.50. The number of ether oxygens (including phenoxy) is 3. The Hall–Kier alpha value is -2.80. The lowest BCUT2D eigenvalue weighted by atomic mass is 10.2. The van der Waals surface area contributed by atoms with E-state index in [0.29, 0.717) is 48.9 Å². The molecule has 2 heterocycles. The van der Waals surface area contributed by atoms with Gasteiger partial charge in [0.25, 0.3) is 5.91 Å². The molecular weight excluding hydrogens is 509 g/mol. The Labute approximate surface area is 212 Å². The van der Waals surface area contributed by atoms with Crippen molar-refractivity contribution in [2.45, 2.75) is 37.2 Å². The molecule has 0 radical (unpaired) electrons. The summed E-state index contributed by atoms with van der Waals surface area (Å²) in [6, 6.07) is 7.19. The first-order valence-electron chi connectivity index (χ1n) is 11.5. The van der Waals surface area contributed by atoms with Gasteiger partial charge in [-0.3, -0.25) is 4.79 Å². The highest BCUT2D eigenvalue weighted by molar-refractivity contribution is 7.89. The van der Waals surface area contributed by atoms with Gasteiger partial charge in [-0.1, -0.05) is 11.3 Å². The van der Waals surface area contributed by atoms with Gasteiger partial charge >= 0.3 is 0 Å². The number of halogens is 1. The average molecular weight is 538 g/mol. The molecule has 1 fully saturated rings. The van der Waals surface area contributed by atoms with E-state index in [1.165, 1.54) is 23.5 Å². The van der Waals surface area contributed by atoms with Crippen molar-refractivity contribution in [2.24, 2.45) is 4.99 Å². The first-order valence-corrected chi connectivity index (χ1v) is 13.8. The fourth-order valence-electron chi connectivity index (χ4n) is 4.23. The minimum absolute atomic E-state index is 0.0632. The molecule has 0 saturated carbocycles. The Bertz CT molecular complexity index is 1420. The quantitative estimate of drug-likeness (QED) is 0.389. The molecule has 1 saturated heterocycles. The Kier molecular flexibility index (Phi) is 8.08. The van der Waals surface area contributed by atoms with E-state index in [4.69, 9.17) is 14.2 Å². The van der Waals surface area contributed by atoms with Crippen molar-refractivity contribution < 1.29 is 31.8 Å². The van der Waals surface area contributed by atoms with Gasteiger partial charge in [0.2, 0.25) is 10.0 Å². The summed E-state index contributed by atoms with van der Waals surface area (Å²) in [5.41, 5.74) is 0.718. The largest absolute Gasteiger partial charge is 0.495 e. The van der Waals surface area contributed by atoms with Crippen molar-refractivity contribution in [3.05, 3.63) is 47.0 Å². The molecular formula is C24H28FN3O6S2. The molecule has 1 atom stereocenters. The molecule has 2 aromatic carbocycles. The lowest BCUT2D eigenvalue weighted by Crippen LogP contribution is -2.40. The molecule has 0 spiro atoms. The van der Waals surface area contributed by atoms with Crippen molar-refractivity contribution in [1.29, 1.82) is 0 Å². The summed E-state index contributed by atoms with van der Waals surface area (Å²) in [4.78, 5) is 18.1. The Morgan fingerprint density at radius 3 is 2.50 bits per heavy atom. The van der Waals surface area contributed by atoms with E-state index >= 15 is 0 Å². The zero-order chi connectivity index (χ0) is 25.9. The smallest absolute Gasteiger partial charge is 0.266 e. The normalized spacial score (nSPS) is 17.1. The first kappa shape index (κ1) is 26.3. The predicted molar refractivity (Wildman–Crippen MR) is 133 cm³/mol. The number of sulfonamides is 1. The van der Waals surface area contributed by atoms with Crippen LogP contribution < -0.4 is 14.3 Å². The number of hydrogen-bond acceptors (Lipinski definition) is 7. The van der Waals surface area contributed by atoms with Gasteiger partial charge in [-0.15, -0.1) is 0 Å². The zero-order valence-corrected chi connectivity index (χ0v) is 21.9. The van der Waals surface area contributed by atoms with Crippen LogP contribution >= 0.6 is 11.3 Å². The maximum Gasteiger partial charge on any atom is 0.266 e. The number of amides is 1. The predicted octanol–water partition coefficient (Wildman–Crippen LogP) is 3.18. The second kappa shape index (κ2) is 11.1. The number of nitrogens with zero attached hydrogens (tertiary/aromatic N) is 3. The summed E-state index contributed by atoms with van der Waals surface area (Å²) in [5.74, 6) is 0.100. The van der Waals surface area contributed by atoms with E-state index in [1.54, 1.807) is 26.4 Å². The third-order valence-corrected chi connectivity index (χ3v) is 8.99. The molecule has 1 aromatic heterocycles. The number of carbonyl (C=O) groups is 1. The second-order valence-electron chi connectivity index (χ2n) is 8.06. The fourth-order valence-corrected chi connectivity index (χ4v) is 7.05. The van der Waals surface area contributed by atoms with E-state index in [1.807, 2.05) is 11.5 Å². The van der Waals surface area contributed by atoms with Crippen LogP contribution in [0.3, 0.4) is 0 Å². The third kappa shape index (κ3) is 5.03. The van der Waals surface area contributed by atoms with E-state index in [2.05, 4.69) is 4.99 Å². The van der Waals surface area contributed by atoms with Crippen LogP contribution in [0.5, 0.6) is 11.5 Å². The highest BCUT2D eigenvalue weighted by Gasteiger charge is 2.39. The van der Waals surface area contributed by atoms with E-state index in [9.17, 15) is 17.6 Å². The van der Waals surface area contributed by atoms with Gasteiger partial charge in [0.15, 0.2) is 4.80 Å². The van der Waals surface area contributed by atoms with Gasteiger partial charge in [0, 0.05) is 19.7 Å². The van der Waals surface area contributed by atoms with Crippen LogP contribution in [-0.4, -0.2) is 63.2 Å². The number of methoxy groups -OCH3 is 2. The molecule has 1 aliphatic rings. The highest BCUT2D eigenvalue weighted by atomic mass is 32.2. The molecule has 0 aliphatic carbocycles. The summed E-state index contributed by atoms with van der Waals surface area (Å²) in [6.07, 6.45) is 0.865. The molecule has 12 heteroatoms. The zero-order valence-electron chi connectivity index (χ0n) is 20.3. The van der Waals surface area contributed by atoms with Crippen LogP contribution in [0.25, 0.3) is 10.2 Å². The number of fused-ring (bicyclic) bond motifs is 1.